The molecule has 2 aromatic heterocycles. The summed E-state index contributed by atoms with van der Waals surface area (Å²) in [6, 6.07) is 17.9. The van der Waals surface area contributed by atoms with Crippen LogP contribution in [0.1, 0.15) is 36.2 Å². The van der Waals surface area contributed by atoms with Gasteiger partial charge in [0.1, 0.15) is 11.4 Å². The zero-order chi connectivity index (χ0) is 23.5. The van der Waals surface area contributed by atoms with Gasteiger partial charge in [-0.3, -0.25) is 4.79 Å². The highest BCUT2D eigenvalue weighted by Gasteiger charge is 2.18. The summed E-state index contributed by atoms with van der Waals surface area (Å²) >= 11 is 0. The SMILES string of the molecule is Cc1ccc(-c2nc3c(C)cccn3c2CC(=O)Nc2ccc(OCC(C)C)cc2)cc1C. The molecule has 0 aliphatic heterocycles. The van der Waals surface area contributed by atoms with Crippen LogP contribution in [0.4, 0.5) is 5.69 Å². The molecule has 0 fully saturated rings. The molecule has 0 saturated carbocycles. The Hall–Kier alpha value is -3.60. The molecule has 0 unspecified atom stereocenters. The summed E-state index contributed by atoms with van der Waals surface area (Å²) in [7, 11) is 0. The smallest absolute Gasteiger partial charge is 0.230 e. The number of imidazole rings is 1. The van der Waals surface area contributed by atoms with Crippen molar-refractivity contribution in [2.24, 2.45) is 5.92 Å². The summed E-state index contributed by atoms with van der Waals surface area (Å²) in [5.41, 5.74) is 7.89. The fourth-order valence-electron chi connectivity index (χ4n) is 3.80. The highest BCUT2D eigenvalue weighted by molar-refractivity contribution is 5.93. The molecule has 0 saturated heterocycles. The van der Waals surface area contributed by atoms with E-state index in [9.17, 15) is 4.79 Å². The minimum Gasteiger partial charge on any atom is -0.493 e. The third kappa shape index (κ3) is 5.08. The van der Waals surface area contributed by atoms with Gasteiger partial charge in [-0.2, -0.15) is 0 Å². The predicted molar refractivity (Wildman–Crippen MR) is 134 cm³/mol. The number of pyridine rings is 1. The molecule has 1 amide bonds. The van der Waals surface area contributed by atoms with Gasteiger partial charge in [-0.05, 0) is 79.8 Å². The number of hydrogen-bond acceptors (Lipinski definition) is 3. The Labute approximate surface area is 195 Å². The van der Waals surface area contributed by atoms with E-state index in [1.165, 1.54) is 11.1 Å². The number of nitrogens with zero attached hydrogens (tertiary/aromatic N) is 2. The summed E-state index contributed by atoms with van der Waals surface area (Å²) in [5.74, 6) is 1.18. The summed E-state index contributed by atoms with van der Waals surface area (Å²) in [5, 5.41) is 3.02. The topological polar surface area (TPSA) is 55.6 Å². The van der Waals surface area contributed by atoms with Crippen LogP contribution in [0.3, 0.4) is 0 Å². The van der Waals surface area contributed by atoms with Crippen LogP contribution in [0, 0.1) is 26.7 Å². The van der Waals surface area contributed by atoms with E-state index in [1.54, 1.807) is 0 Å². The summed E-state index contributed by atoms with van der Waals surface area (Å²) in [6.45, 7) is 11.1. The molecule has 5 nitrogen and oxygen atoms in total. The Morgan fingerprint density at radius 1 is 1.00 bits per heavy atom. The third-order valence-corrected chi connectivity index (χ3v) is 5.77. The van der Waals surface area contributed by atoms with Crippen molar-refractivity contribution in [3.8, 4) is 17.0 Å². The lowest BCUT2D eigenvalue weighted by molar-refractivity contribution is -0.115. The number of nitrogens with one attached hydrogen (secondary N) is 1. The van der Waals surface area contributed by atoms with Crippen LogP contribution < -0.4 is 10.1 Å². The first kappa shape index (κ1) is 22.6. The van der Waals surface area contributed by atoms with E-state index in [4.69, 9.17) is 9.72 Å². The molecule has 2 aromatic carbocycles. The Morgan fingerprint density at radius 3 is 2.45 bits per heavy atom. The summed E-state index contributed by atoms with van der Waals surface area (Å²) in [6.07, 6.45) is 2.20. The molecule has 0 bridgehead atoms. The number of aromatic nitrogens is 2. The van der Waals surface area contributed by atoms with E-state index >= 15 is 0 Å². The van der Waals surface area contributed by atoms with Gasteiger partial charge in [-0.15, -0.1) is 0 Å². The Morgan fingerprint density at radius 2 is 1.76 bits per heavy atom. The minimum absolute atomic E-state index is 0.0840. The first-order chi connectivity index (χ1) is 15.8. The van der Waals surface area contributed by atoms with Crippen molar-refractivity contribution >= 4 is 17.2 Å². The van der Waals surface area contributed by atoms with Gasteiger partial charge in [0.15, 0.2) is 0 Å². The zero-order valence-electron chi connectivity index (χ0n) is 20.0. The first-order valence-corrected chi connectivity index (χ1v) is 11.4. The number of hydrogen-bond donors (Lipinski definition) is 1. The maximum Gasteiger partial charge on any atom is 0.230 e. The van der Waals surface area contributed by atoms with Crippen molar-refractivity contribution in [3.05, 3.63) is 83.2 Å². The van der Waals surface area contributed by atoms with Gasteiger partial charge in [-0.25, -0.2) is 4.98 Å². The molecule has 4 rings (SSSR count). The fourth-order valence-corrected chi connectivity index (χ4v) is 3.80. The van der Waals surface area contributed by atoms with E-state index in [2.05, 4.69) is 51.2 Å². The Bertz CT molecular complexity index is 1290. The summed E-state index contributed by atoms with van der Waals surface area (Å²) < 4.78 is 7.76. The van der Waals surface area contributed by atoms with Crippen LogP contribution in [-0.4, -0.2) is 21.9 Å². The van der Waals surface area contributed by atoms with Gasteiger partial charge >= 0.3 is 0 Å². The molecule has 5 heteroatoms. The van der Waals surface area contributed by atoms with Crippen molar-refractivity contribution in [1.82, 2.24) is 9.38 Å². The van der Waals surface area contributed by atoms with Crippen LogP contribution in [0.5, 0.6) is 5.75 Å². The van der Waals surface area contributed by atoms with Crippen molar-refractivity contribution in [2.75, 3.05) is 11.9 Å². The molecule has 0 radical (unpaired) electrons. The molecular formula is C28H31N3O2. The number of carbonyl (C=O) groups is 1. The lowest BCUT2D eigenvalue weighted by atomic mass is 10.0. The fraction of sp³-hybridized carbons (Fsp3) is 0.286. The van der Waals surface area contributed by atoms with Gasteiger partial charge in [0.05, 0.1) is 24.4 Å². The lowest BCUT2D eigenvalue weighted by Crippen LogP contribution is -2.16. The van der Waals surface area contributed by atoms with Gasteiger partial charge in [0.2, 0.25) is 5.91 Å². The van der Waals surface area contributed by atoms with Crippen LogP contribution >= 0.6 is 0 Å². The zero-order valence-corrected chi connectivity index (χ0v) is 20.0. The second-order valence-corrected chi connectivity index (χ2v) is 9.05. The Balaban J connectivity index is 1.60. The van der Waals surface area contributed by atoms with E-state index < -0.39 is 0 Å². The van der Waals surface area contributed by atoms with Crippen molar-refractivity contribution in [1.29, 1.82) is 0 Å². The summed E-state index contributed by atoms with van der Waals surface area (Å²) in [4.78, 5) is 18.0. The van der Waals surface area contributed by atoms with Gasteiger partial charge in [-0.1, -0.05) is 32.0 Å². The highest BCUT2D eigenvalue weighted by Crippen LogP contribution is 2.28. The number of rotatable bonds is 7. The van der Waals surface area contributed by atoms with Crippen LogP contribution in [0.2, 0.25) is 0 Å². The quantitative estimate of drug-likeness (QED) is 0.375. The Kier molecular flexibility index (Phi) is 6.50. The van der Waals surface area contributed by atoms with Crippen molar-refractivity contribution in [3.63, 3.8) is 0 Å². The second-order valence-electron chi connectivity index (χ2n) is 9.05. The molecule has 0 aliphatic carbocycles. The van der Waals surface area contributed by atoms with E-state index in [0.29, 0.717) is 12.5 Å². The monoisotopic (exact) mass is 441 g/mol. The van der Waals surface area contributed by atoms with Crippen molar-refractivity contribution in [2.45, 2.75) is 41.0 Å². The van der Waals surface area contributed by atoms with Crippen LogP contribution in [0.15, 0.2) is 60.8 Å². The minimum atomic E-state index is -0.0840. The lowest BCUT2D eigenvalue weighted by Gasteiger charge is -2.11. The van der Waals surface area contributed by atoms with Gasteiger partial charge < -0.3 is 14.5 Å². The molecular weight excluding hydrogens is 410 g/mol. The standard InChI is InChI=1S/C28H31N3O2/c1-18(2)17-33-24-12-10-23(11-13-24)29-26(32)16-25-27(22-9-8-19(3)21(5)15-22)30-28-20(4)7-6-14-31(25)28/h6-15,18H,16-17H2,1-5H3,(H,29,32). The predicted octanol–water partition coefficient (Wildman–Crippen LogP) is 6.14. The number of fused-ring (bicyclic) bond motifs is 1. The largest absolute Gasteiger partial charge is 0.493 e. The van der Waals surface area contributed by atoms with Crippen molar-refractivity contribution < 1.29 is 9.53 Å². The molecule has 2 heterocycles. The molecule has 0 aliphatic rings. The average molecular weight is 442 g/mol. The first-order valence-electron chi connectivity index (χ1n) is 11.4. The highest BCUT2D eigenvalue weighted by atomic mass is 16.5. The number of aryl methyl sites for hydroxylation is 3. The van der Waals surface area contributed by atoms with E-state index in [1.807, 2.05) is 53.9 Å². The van der Waals surface area contributed by atoms with Crippen LogP contribution in [0.25, 0.3) is 16.9 Å². The molecule has 4 aromatic rings. The molecule has 170 valence electrons. The number of benzene rings is 2. The number of carbonyl (C=O) groups excluding carboxylic acids is 1. The maximum atomic E-state index is 13.0. The van der Waals surface area contributed by atoms with E-state index in [-0.39, 0.29) is 12.3 Å². The van der Waals surface area contributed by atoms with Gasteiger partial charge in [0.25, 0.3) is 0 Å². The molecule has 33 heavy (non-hydrogen) atoms. The third-order valence-electron chi connectivity index (χ3n) is 5.77. The number of ether oxygens (including phenoxy) is 1. The number of anilines is 1. The second kappa shape index (κ2) is 9.49. The normalized spacial score (nSPS) is 11.2. The molecule has 0 atom stereocenters. The van der Waals surface area contributed by atoms with Crippen LogP contribution in [-0.2, 0) is 11.2 Å². The van der Waals surface area contributed by atoms with Gasteiger partial charge in [0, 0.05) is 17.4 Å². The number of amides is 1. The van der Waals surface area contributed by atoms with E-state index in [0.717, 1.165) is 39.6 Å². The molecule has 1 N–H and O–H groups in total. The maximum absolute atomic E-state index is 13.0. The molecule has 0 spiro atoms. The average Bonchev–Trinajstić information content (AvgIpc) is 3.14.